The van der Waals surface area contributed by atoms with Gasteiger partial charge in [0.2, 0.25) is 0 Å². The van der Waals surface area contributed by atoms with E-state index in [2.05, 4.69) is 27.7 Å². The Hall–Kier alpha value is 0. The van der Waals surface area contributed by atoms with Crippen LogP contribution in [0.2, 0.25) is 0 Å². The molecule has 0 bridgehead atoms. The third kappa shape index (κ3) is 2.04. The van der Waals surface area contributed by atoms with E-state index in [1.165, 1.54) is 160 Å². The van der Waals surface area contributed by atoms with E-state index in [1.54, 1.807) is 64.2 Å². The van der Waals surface area contributed by atoms with Crippen molar-refractivity contribution in [2.24, 2.45) is 212 Å². The van der Waals surface area contributed by atoms with Crippen LogP contribution in [0, 0.1) is 212 Å². The Bertz CT molecular complexity index is 1720. The minimum absolute atomic E-state index is 0.871. The van der Waals surface area contributed by atoms with Crippen LogP contribution >= 0.6 is 0 Å². The molecule has 18 saturated carbocycles. The minimum atomic E-state index is 0.871. The van der Waals surface area contributed by atoms with E-state index in [-0.39, 0.29) is 0 Å². The summed E-state index contributed by atoms with van der Waals surface area (Å²) in [4.78, 5) is 0. The van der Waals surface area contributed by atoms with Gasteiger partial charge in [0.05, 0.1) is 0 Å². The topological polar surface area (TPSA) is 0 Å². The van der Waals surface area contributed by atoms with Crippen LogP contribution in [0.15, 0.2) is 0 Å². The number of rotatable bonds is 0. The molecule has 18 rings (SSSR count). The molecule has 0 aromatic carbocycles. The molecule has 0 aliphatic heterocycles. The van der Waals surface area contributed by atoms with Gasteiger partial charge in [-0.3, -0.25) is 0 Å². The largest absolute Gasteiger partial charge is 0.0622 e. The SMILES string of the molecule is CC1CC2C3CC4C5CCC6CC7CC89CCC8C8CC%10C%11CC(C)C%12C(C)C%13C(C)C1C2C1C%13C(C%11%12)C2C%11C1C3C4C1C(C65)C7C9C(C1%11)C%1082. The molecule has 0 saturated heterocycles. The predicted octanol–water partition coefficient (Wildman–Crippen LogP) is 10.1. The first kappa shape index (κ1) is 26.7. The number of hydrogen-bond donors (Lipinski definition) is 0. The van der Waals surface area contributed by atoms with Crippen LogP contribution in [-0.4, -0.2) is 0 Å². The Kier molecular flexibility index (Phi) is 3.93. The highest BCUT2D eigenvalue weighted by atomic mass is 15.0. The molecule has 36 unspecified atom stereocenters. The van der Waals surface area contributed by atoms with E-state index in [0.717, 1.165) is 52.3 Å². The summed E-state index contributed by atoms with van der Waals surface area (Å²) in [6.07, 6.45) is 17.3. The minimum Gasteiger partial charge on any atom is -0.0622 e. The Balaban J connectivity index is 0.982. The second-order valence-corrected chi connectivity index (χ2v) is 26.5. The van der Waals surface area contributed by atoms with E-state index in [0.29, 0.717) is 0 Å². The molecule has 2 spiro atoms. The molecule has 0 heterocycles. The van der Waals surface area contributed by atoms with Crippen molar-refractivity contribution in [1.29, 1.82) is 0 Å². The molecular formula is C50H66. The van der Waals surface area contributed by atoms with Gasteiger partial charge in [-0.25, -0.2) is 0 Å². The Labute approximate surface area is 303 Å². The van der Waals surface area contributed by atoms with Gasteiger partial charge in [-0.15, -0.1) is 0 Å². The molecule has 36 atom stereocenters. The summed E-state index contributed by atoms with van der Waals surface area (Å²) in [6, 6.07) is 0. The van der Waals surface area contributed by atoms with E-state index >= 15 is 0 Å². The van der Waals surface area contributed by atoms with Crippen molar-refractivity contribution < 1.29 is 0 Å². The van der Waals surface area contributed by atoms with Gasteiger partial charge in [-0.1, -0.05) is 27.7 Å². The maximum absolute atomic E-state index is 2.94. The van der Waals surface area contributed by atoms with Crippen molar-refractivity contribution in [3.8, 4) is 0 Å². The standard InChI is InChI=1S/C50H66/c1-15-9-22-24-12-23-21-6-5-19-11-20-14-49-8-7-26(49)28-13-27-25-10-16(2)30-18(4)31-17(3)29(15)34(22)40-38(31)43(37(25)30)46-44-42(40)36(24)35(23)41-39(32(19)21)33(20)47(49)48(45(41)44)50(27,28)46/h15-48H,5-14H2,1-4H3. The normalized spacial score (nSPS) is 86.2. The molecule has 266 valence electrons. The molecule has 18 fully saturated rings. The summed E-state index contributed by atoms with van der Waals surface area (Å²) >= 11 is 0. The lowest BCUT2D eigenvalue weighted by Crippen LogP contribution is -2.77. The fourth-order valence-electron chi connectivity index (χ4n) is 30.0. The van der Waals surface area contributed by atoms with Crippen LogP contribution < -0.4 is 0 Å². The zero-order valence-electron chi connectivity index (χ0n) is 31.7. The van der Waals surface area contributed by atoms with Crippen molar-refractivity contribution in [2.45, 2.75) is 91.9 Å². The summed E-state index contributed by atoms with van der Waals surface area (Å²) in [5, 5.41) is 0. The van der Waals surface area contributed by atoms with E-state index in [1.807, 2.05) is 0 Å². The van der Waals surface area contributed by atoms with Crippen molar-refractivity contribution in [2.75, 3.05) is 0 Å². The summed E-state index contributed by atoms with van der Waals surface area (Å²) in [7, 11) is 0. The monoisotopic (exact) mass is 667 g/mol. The average molecular weight is 667 g/mol. The molecule has 0 N–H and O–H groups in total. The molecule has 0 radical (unpaired) electrons. The van der Waals surface area contributed by atoms with Crippen LogP contribution in [0.5, 0.6) is 0 Å². The van der Waals surface area contributed by atoms with Crippen LogP contribution in [-0.2, 0) is 0 Å². The highest BCUT2D eigenvalue weighted by molar-refractivity contribution is 5.40. The Morgan fingerprint density at radius 2 is 0.980 bits per heavy atom. The first-order valence-corrected chi connectivity index (χ1v) is 24.5. The lowest BCUT2D eigenvalue weighted by molar-refractivity contribution is -0.344. The summed E-state index contributed by atoms with van der Waals surface area (Å²) in [6.45, 7) is 11.6. The maximum atomic E-state index is 2.94. The van der Waals surface area contributed by atoms with Crippen LogP contribution in [0.4, 0.5) is 0 Å². The number of fused-ring (bicyclic) bond motifs is 4. The fourth-order valence-corrected chi connectivity index (χ4v) is 30.0. The van der Waals surface area contributed by atoms with Gasteiger partial charge in [0.25, 0.3) is 0 Å². The van der Waals surface area contributed by atoms with Crippen molar-refractivity contribution in [1.82, 2.24) is 0 Å². The Morgan fingerprint density at radius 1 is 0.360 bits per heavy atom. The molecule has 18 aliphatic rings. The van der Waals surface area contributed by atoms with Crippen molar-refractivity contribution >= 4 is 0 Å². The first-order chi connectivity index (χ1) is 24.5. The highest BCUT2D eigenvalue weighted by Gasteiger charge is 2.93. The second-order valence-electron chi connectivity index (χ2n) is 26.5. The van der Waals surface area contributed by atoms with E-state index < -0.39 is 0 Å². The summed E-state index contributed by atoms with van der Waals surface area (Å²) in [5.41, 5.74) is 1.74. The molecule has 0 aromatic heterocycles. The molecular weight excluding hydrogens is 601 g/mol. The van der Waals surface area contributed by atoms with Crippen molar-refractivity contribution in [3.05, 3.63) is 0 Å². The van der Waals surface area contributed by atoms with Gasteiger partial charge >= 0.3 is 0 Å². The van der Waals surface area contributed by atoms with Gasteiger partial charge in [-0.05, 0) is 276 Å². The van der Waals surface area contributed by atoms with Gasteiger partial charge in [-0.2, -0.15) is 0 Å². The fraction of sp³-hybridized carbons (Fsp3) is 1.00. The lowest BCUT2D eigenvalue weighted by Gasteiger charge is -2.81. The third-order valence-corrected chi connectivity index (χ3v) is 28.2. The Morgan fingerprint density at radius 3 is 1.76 bits per heavy atom. The van der Waals surface area contributed by atoms with Gasteiger partial charge < -0.3 is 0 Å². The summed E-state index contributed by atoms with van der Waals surface area (Å²) < 4.78 is 0. The number of hydrogen-bond acceptors (Lipinski definition) is 0. The van der Waals surface area contributed by atoms with Crippen LogP contribution in [0.25, 0.3) is 0 Å². The van der Waals surface area contributed by atoms with E-state index in [4.69, 9.17) is 0 Å². The highest BCUT2D eigenvalue weighted by Crippen LogP contribution is 2.98. The molecule has 0 heteroatoms. The lowest BCUT2D eigenvalue weighted by atomic mass is 9.23. The third-order valence-electron chi connectivity index (χ3n) is 28.2. The quantitative estimate of drug-likeness (QED) is 0.241. The van der Waals surface area contributed by atoms with Crippen molar-refractivity contribution in [3.63, 3.8) is 0 Å². The molecule has 0 nitrogen and oxygen atoms in total. The maximum Gasteiger partial charge on any atom is -0.0167 e. The predicted molar refractivity (Wildman–Crippen MR) is 192 cm³/mol. The zero-order valence-corrected chi connectivity index (χ0v) is 31.7. The molecule has 0 aromatic rings. The molecule has 50 heavy (non-hydrogen) atoms. The van der Waals surface area contributed by atoms with Gasteiger partial charge in [0, 0.05) is 0 Å². The van der Waals surface area contributed by atoms with Crippen LogP contribution in [0.1, 0.15) is 91.9 Å². The van der Waals surface area contributed by atoms with E-state index in [9.17, 15) is 0 Å². The van der Waals surface area contributed by atoms with Crippen LogP contribution in [0.3, 0.4) is 0 Å². The molecule has 0 amide bonds. The molecule has 18 aliphatic carbocycles. The zero-order chi connectivity index (χ0) is 31.7. The average Bonchev–Trinajstić information content (AvgIpc) is 3.91. The second kappa shape index (κ2) is 7.34. The van der Waals surface area contributed by atoms with Gasteiger partial charge in [0.1, 0.15) is 0 Å². The summed E-state index contributed by atoms with van der Waals surface area (Å²) in [5.74, 6) is 40.2. The smallest absolute Gasteiger partial charge is 0.0167 e. The van der Waals surface area contributed by atoms with Gasteiger partial charge in [0.15, 0.2) is 0 Å². The first-order valence-electron chi connectivity index (χ1n) is 24.5.